The monoisotopic (exact) mass is 327 g/mol. The Balaban J connectivity index is 1.89. The summed E-state index contributed by atoms with van der Waals surface area (Å²) in [7, 11) is 0. The highest BCUT2D eigenvalue weighted by Crippen LogP contribution is 2.17. The molecule has 124 valence electrons. The molecule has 0 aromatic heterocycles. The van der Waals surface area contributed by atoms with Crippen LogP contribution in [0.15, 0.2) is 48.5 Å². The predicted molar refractivity (Wildman–Crippen MR) is 89.8 cm³/mol. The lowest BCUT2D eigenvalue weighted by atomic mass is 10.2. The molecule has 0 heterocycles. The maximum absolute atomic E-state index is 11.9. The number of rotatable bonds is 6. The highest BCUT2D eigenvalue weighted by Gasteiger charge is 2.06. The molecule has 2 aromatic rings. The normalized spacial score (nSPS) is 9.88. The average Bonchev–Trinajstić information content (AvgIpc) is 2.53. The van der Waals surface area contributed by atoms with Gasteiger partial charge in [-0.3, -0.25) is 14.4 Å². The molecule has 3 amide bonds. The SMILES string of the molecule is CC(=O)Nc1cccc(OCC(=O)Nc2ccc(C(N)=O)cc2)c1. The summed E-state index contributed by atoms with van der Waals surface area (Å²) < 4.78 is 5.39. The van der Waals surface area contributed by atoms with Gasteiger partial charge in [0.25, 0.3) is 5.91 Å². The Labute approximate surface area is 138 Å². The van der Waals surface area contributed by atoms with Crippen LogP contribution in [-0.2, 0) is 9.59 Å². The minimum Gasteiger partial charge on any atom is -0.484 e. The molecule has 0 saturated heterocycles. The summed E-state index contributed by atoms with van der Waals surface area (Å²) in [5.74, 6) is -0.619. The van der Waals surface area contributed by atoms with E-state index in [4.69, 9.17) is 10.5 Å². The van der Waals surface area contributed by atoms with Gasteiger partial charge in [-0.2, -0.15) is 0 Å². The molecule has 0 spiro atoms. The van der Waals surface area contributed by atoms with E-state index >= 15 is 0 Å². The molecule has 0 fully saturated rings. The van der Waals surface area contributed by atoms with Crippen molar-refractivity contribution in [2.45, 2.75) is 6.92 Å². The van der Waals surface area contributed by atoms with E-state index in [-0.39, 0.29) is 18.4 Å². The second kappa shape index (κ2) is 7.77. The molecule has 0 aliphatic carbocycles. The molecule has 0 unspecified atom stereocenters. The number of nitrogens with two attached hydrogens (primary N) is 1. The molecular formula is C17H17N3O4. The smallest absolute Gasteiger partial charge is 0.262 e. The van der Waals surface area contributed by atoms with Crippen LogP contribution in [0.3, 0.4) is 0 Å². The van der Waals surface area contributed by atoms with E-state index in [1.807, 2.05) is 0 Å². The number of benzene rings is 2. The van der Waals surface area contributed by atoms with Crippen LogP contribution in [0, 0.1) is 0 Å². The fourth-order valence-electron chi connectivity index (χ4n) is 1.93. The van der Waals surface area contributed by atoms with Crippen LogP contribution in [0.4, 0.5) is 11.4 Å². The van der Waals surface area contributed by atoms with Crippen LogP contribution in [0.2, 0.25) is 0 Å². The molecule has 24 heavy (non-hydrogen) atoms. The molecule has 7 nitrogen and oxygen atoms in total. The number of hydrogen-bond donors (Lipinski definition) is 3. The summed E-state index contributed by atoms with van der Waals surface area (Å²) in [6, 6.07) is 12.9. The Kier molecular flexibility index (Phi) is 5.51. The molecule has 0 bridgehead atoms. The van der Waals surface area contributed by atoms with E-state index in [2.05, 4.69) is 10.6 Å². The van der Waals surface area contributed by atoms with E-state index in [0.29, 0.717) is 22.7 Å². The summed E-state index contributed by atoms with van der Waals surface area (Å²) in [6.45, 7) is 1.21. The van der Waals surface area contributed by atoms with Crippen molar-refractivity contribution in [2.24, 2.45) is 5.73 Å². The maximum atomic E-state index is 11.9. The average molecular weight is 327 g/mol. The molecule has 2 aromatic carbocycles. The zero-order valence-corrected chi connectivity index (χ0v) is 13.0. The van der Waals surface area contributed by atoms with Gasteiger partial charge in [0.1, 0.15) is 5.75 Å². The molecule has 0 saturated carbocycles. The largest absolute Gasteiger partial charge is 0.484 e. The summed E-state index contributed by atoms with van der Waals surface area (Å²) in [6.07, 6.45) is 0. The summed E-state index contributed by atoms with van der Waals surface area (Å²) in [5.41, 5.74) is 6.62. The van der Waals surface area contributed by atoms with Crippen molar-refractivity contribution in [3.8, 4) is 5.75 Å². The van der Waals surface area contributed by atoms with Gasteiger partial charge in [0.2, 0.25) is 11.8 Å². The molecule has 2 rings (SSSR count). The minimum atomic E-state index is -0.532. The molecular weight excluding hydrogens is 310 g/mol. The maximum Gasteiger partial charge on any atom is 0.262 e. The summed E-state index contributed by atoms with van der Waals surface area (Å²) in [5, 5.41) is 5.27. The lowest BCUT2D eigenvalue weighted by Crippen LogP contribution is -2.20. The quantitative estimate of drug-likeness (QED) is 0.750. The van der Waals surface area contributed by atoms with Crippen molar-refractivity contribution < 1.29 is 19.1 Å². The van der Waals surface area contributed by atoms with E-state index in [1.165, 1.54) is 19.1 Å². The predicted octanol–water partition coefficient (Wildman–Crippen LogP) is 1.76. The molecule has 0 aliphatic heterocycles. The van der Waals surface area contributed by atoms with E-state index in [0.717, 1.165) is 0 Å². The number of nitrogens with one attached hydrogen (secondary N) is 2. The lowest BCUT2D eigenvalue weighted by Gasteiger charge is -2.09. The topological polar surface area (TPSA) is 111 Å². The summed E-state index contributed by atoms with van der Waals surface area (Å²) >= 11 is 0. The van der Waals surface area contributed by atoms with Gasteiger partial charge in [-0.15, -0.1) is 0 Å². The van der Waals surface area contributed by atoms with E-state index < -0.39 is 5.91 Å². The Morgan fingerprint density at radius 3 is 2.33 bits per heavy atom. The van der Waals surface area contributed by atoms with Crippen molar-refractivity contribution in [3.05, 3.63) is 54.1 Å². The van der Waals surface area contributed by atoms with E-state index in [9.17, 15) is 14.4 Å². The third-order valence-corrected chi connectivity index (χ3v) is 2.98. The Morgan fingerprint density at radius 2 is 1.71 bits per heavy atom. The number of amides is 3. The highest BCUT2D eigenvalue weighted by atomic mass is 16.5. The van der Waals surface area contributed by atoms with Crippen molar-refractivity contribution in [1.82, 2.24) is 0 Å². The highest BCUT2D eigenvalue weighted by molar-refractivity contribution is 5.95. The second-order valence-electron chi connectivity index (χ2n) is 4.99. The lowest BCUT2D eigenvalue weighted by molar-refractivity contribution is -0.118. The number of hydrogen-bond acceptors (Lipinski definition) is 4. The van der Waals surface area contributed by atoms with Crippen LogP contribution in [0.25, 0.3) is 0 Å². The zero-order chi connectivity index (χ0) is 17.5. The number of anilines is 2. The van der Waals surface area contributed by atoms with Crippen molar-refractivity contribution in [1.29, 1.82) is 0 Å². The summed E-state index contributed by atoms with van der Waals surface area (Å²) in [4.78, 5) is 33.9. The van der Waals surface area contributed by atoms with Gasteiger partial charge in [-0.25, -0.2) is 0 Å². The van der Waals surface area contributed by atoms with Crippen LogP contribution in [0.1, 0.15) is 17.3 Å². The zero-order valence-electron chi connectivity index (χ0n) is 13.0. The third-order valence-electron chi connectivity index (χ3n) is 2.98. The molecule has 4 N–H and O–H groups in total. The van der Waals surface area contributed by atoms with Crippen molar-refractivity contribution in [3.63, 3.8) is 0 Å². The van der Waals surface area contributed by atoms with Gasteiger partial charge in [-0.1, -0.05) is 6.07 Å². The van der Waals surface area contributed by atoms with Gasteiger partial charge in [0, 0.05) is 29.9 Å². The van der Waals surface area contributed by atoms with Gasteiger partial charge in [0.05, 0.1) is 0 Å². The molecule has 0 aliphatic rings. The van der Waals surface area contributed by atoms with Gasteiger partial charge in [0.15, 0.2) is 6.61 Å². The number of carbonyl (C=O) groups excluding carboxylic acids is 3. The number of carbonyl (C=O) groups is 3. The van der Waals surface area contributed by atoms with E-state index in [1.54, 1.807) is 36.4 Å². The van der Waals surface area contributed by atoms with Gasteiger partial charge >= 0.3 is 0 Å². The van der Waals surface area contributed by atoms with Crippen molar-refractivity contribution in [2.75, 3.05) is 17.2 Å². The molecule has 0 radical (unpaired) electrons. The third kappa shape index (κ3) is 5.13. The Bertz CT molecular complexity index is 757. The molecule has 7 heteroatoms. The fraction of sp³-hybridized carbons (Fsp3) is 0.118. The van der Waals surface area contributed by atoms with Gasteiger partial charge < -0.3 is 21.1 Å². The first-order valence-corrected chi connectivity index (χ1v) is 7.14. The van der Waals surface area contributed by atoms with Crippen LogP contribution < -0.4 is 21.1 Å². The fourth-order valence-corrected chi connectivity index (χ4v) is 1.93. The number of ether oxygens (including phenoxy) is 1. The number of primary amides is 1. The molecule has 0 atom stereocenters. The Morgan fingerprint density at radius 1 is 1.00 bits per heavy atom. The van der Waals surface area contributed by atoms with Gasteiger partial charge in [-0.05, 0) is 36.4 Å². The van der Waals surface area contributed by atoms with Crippen LogP contribution in [0.5, 0.6) is 5.75 Å². The first kappa shape index (κ1) is 17.0. The first-order valence-electron chi connectivity index (χ1n) is 7.14. The Hall–Kier alpha value is -3.35. The minimum absolute atomic E-state index is 0.190. The van der Waals surface area contributed by atoms with Crippen LogP contribution in [-0.4, -0.2) is 24.3 Å². The van der Waals surface area contributed by atoms with Crippen molar-refractivity contribution >= 4 is 29.1 Å². The first-order chi connectivity index (χ1) is 11.4. The second-order valence-corrected chi connectivity index (χ2v) is 4.99. The van der Waals surface area contributed by atoms with Crippen LogP contribution >= 0.6 is 0 Å². The standard InChI is InChI=1S/C17H17N3O4/c1-11(21)19-14-3-2-4-15(9-14)24-10-16(22)20-13-7-5-12(6-8-13)17(18)23/h2-9H,10H2,1H3,(H2,18,23)(H,19,21)(H,20,22).